The van der Waals surface area contributed by atoms with Crippen LogP contribution in [0.5, 0.6) is 0 Å². The van der Waals surface area contributed by atoms with Crippen molar-refractivity contribution < 1.29 is 29.0 Å². The van der Waals surface area contributed by atoms with Crippen LogP contribution in [0.4, 0.5) is 4.79 Å². The van der Waals surface area contributed by atoms with Gasteiger partial charge in [0.05, 0.1) is 13.7 Å². The van der Waals surface area contributed by atoms with Crippen LogP contribution in [0.3, 0.4) is 0 Å². The van der Waals surface area contributed by atoms with Gasteiger partial charge >= 0.3 is 18.0 Å². The fraction of sp³-hybridized carbons (Fsp3) is 0.750. The second kappa shape index (κ2) is 8.36. The van der Waals surface area contributed by atoms with Gasteiger partial charge in [0.25, 0.3) is 0 Å². The minimum atomic E-state index is -1.17. The number of amides is 2. The van der Waals surface area contributed by atoms with Crippen LogP contribution in [0.25, 0.3) is 0 Å². The molecule has 0 aromatic rings. The first-order valence-electron chi connectivity index (χ1n) is 6.47. The summed E-state index contributed by atoms with van der Waals surface area (Å²) in [6.45, 7) is 1.98. The van der Waals surface area contributed by atoms with Gasteiger partial charge in [0.2, 0.25) is 0 Å². The summed E-state index contributed by atoms with van der Waals surface area (Å²) in [7, 11) is 1.23. The van der Waals surface area contributed by atoms with E-state index in [2.05, 4.69) is 10.1 Å². The molecule has 0 saturated carbocycles. The zero-order valence-electron chi connectivity index (χ0n) is 11.5. The van der Waals surface area contributed by atoms with Gasteiger partial charge in [-0.15, -0.1) is 0 Å². The van der Waals surface area contributed by atoms with E-state index >= 15 is 0 Å². The van der Waals surface area contributed by atoms with Crippen LogP contribution in [0, 0.1) is 0 Å². The van der Waals surface area contributed by atoms with E-state index in [9.17, 15) is 14.4 Å². The molecule has 0 radical (unpaired) electrons. The number of carbonyl (C=O) groups is 3. The van der Waals surface area contributed by atoms with Crippen molar-refractivity contribution in [2.45, 2.75) is 25.3 Å². The zero-order valence-corrected chi connectivity index (χ0v) is 11.5. The maximum atomic E-state index is 12.0. The third-order valence-electron chi connectivity index (χ3n) is 2.97. The Morgan fingerprint density at radius 3 is 2.75 bits per heavy atom. The molecule has 1 heterocycles. The van der Waals surface area contributed by atoms with Crippen molar-refractivity contribution in [3.05, 3.63) is 0 Å². The lowest BCUT2D eigenvalue weighted by atomic mass is 10.1. The summed E-state index contributed by atoms with van der Waals surface area (Å²) in [5, 5.41) is 11.5. The summed E-state index contributed by atoms with van der Waals surface area (Å²) in [4.78, 5) is 35.6. The maximum absolute atomic E-state index is 12.0. The van der Waals surface area contributed by atoms with Gasteiger partial charge in [0, 0.05) is 26.1 Å². The third kappa shape index (κ3) is 5.43. The second-order valence-electron chi connectivity index (χ2n) is 4.41. The van der Waals surface area contributed by atoms with E-state index < -0.39 is 24.0 Å². The molecule has 2 amide bonds. The molecule has 114 valence electrons. The SMILES string of the molecule is COC(=O)CC[C@H](NC(=O)N1CCCOCC1)C(=O)O. The molecule has 1 saturated heterocycles. The fourth-order valence-corrected chi connectivity index (χ4v) is 1.81. The molecule has 8 nitrogen and oxygen atoms in total. The normalized spacial score (nSPS) is 16.9. The molecular weight excluding hydrogens is 268 g/mol. The molecule has 0 unspecified atom stereocenters. The average Bonchev–Trinajstić information content (AvgIpc) is 2.71. The molecule has 0 aliphatic carbocycles. The van der Waals surface area contributed by atoms with Gasteiger partial charge in [-0.1, -0.05) is 0 Å². The highest BCUT2D eigenvalue weighted by molar-refractivity contribution is 5.83. The minimum Gasteiger partial charge on any atom is -0.480 e. The van der Waals surface area contributed by atoms with E-state index in [1.807, 2.05) is 0 Å². The highest BCUT2D eigenvalue weighted by Gasteiger charge is 2.24. The summed E-state index contributed by atoms with van der Waals surface area (Å²) in [6.07, 6.45) is 0.655. The van der Waals surface area contributed by atoms with Gasteiger partial charge < -0.3 is 24.8 Å². The number of methoxy groups -OCH3 is 1. The predicted molar refractivity (Wildman–Crippen MR) is 68.2 cm³/mol. The second-order valence-corrected chi connectivity index (χ2v) is 4.41. The molecule has 0 bridgehead atoms. The number of carbonyl (C=O) groups excluding carboxylic acids is 2. The van der Waals surface area contributed by atoms with Crippen LogP contribution in [-0.4, -0.2) is 67.4 Å². The van der Waals surface area contributed by atoms with Crippen molar-refractivity contribution in [3.63, 3.8) is 0 Å². The highest BCUT2D eigenvalue weighted by Crippen LogP contribution is 2.03. The molecule has 1 fully saturated rings. The number of ether oxygens (including phenoxy) is 2. The number of carboxylic acids is 1. The minimum absolute atomic E-state index is 0.00190. The van der Waals surface area contributed by atoms with E-state index in [4.69, 9.17) is 9.84 Å². The van der Waals surface area contributed by atoms with Gasteiger partial charge in [-0.3, -0.25) is 4.79 Å². The number of rotatable bonds is 5. The van der Waals surface area contributed by atoms with E-state index in [0.29, 0.717) is 32.7 Å². The molecule has 0 aromatic heterocycles. The number of aliphatic carboxylic acids is 1. The molecule has 1 aliphatic rings. The summed E-state index contributed by atoms with van der Waals surface area (Å²) in [6, 6.07) is -1.56. The Hall–Kier alpha value is -1.83. The molecule has 20 heavy (non-hydrogen) atoms. The summed E-state index contributed by atoms with van der Waals surface area (Å²) < 4.78 is 9.67. The monoisotopic (exact) mass is 288 g/mol. The first-order valence-corrected chi connectivity index (χ1v) is 6.47. The van der Waals surface area contributed by atoms with Crippen LogP contribution < -0.4 is 5.32 Å². The fourth-order valence-electron chi connectivity index (χ4n) is 1.81. The molecule has 1 rings (SSSR count). The van der Waals surface area contributed by atoms with Gasteiger partial charge in [0.15, 0.2) is 0 Å². The summed E-state index contributed by atoms with van der Waals surface area (Å²) >= 11 is 0. The molecule has 1 aliphatic heterocycles. The Bertz CT molecular complexity index is 352. The Balaban J connectivity index is 2.49. The Labute approximate surface area is 117 Å². The van der Waals surface area contributed by atoms with Crippen LogP contribution in [0.1, 0.15) is 19.3 Å². The Morgan fingerprint density at radius 2 is 2.10 bits per heavy atom. The molecule has 8 heteroatoms. The molecule has 0 spiro atoms. The largest absolute Gasteiger partial charge is 0.480 e. The first-order chi connectivity index (χ1) is 9.54. The van der Waals surface area contributed by atoms with Crippen molar-refractivity contribution in [2.24, 2.45) is 0 Å². The first kappa shape index (κ1) is 16.2. The number of esters is 1. The summed E-state index contributed by atoms with van der Waals surface area (Å²) in [5.74, 6) is -1.68. The molecule has 0 aromatic carbocycles. The van der Waals surface area contributed by atoms with Crippen LogP contribution in [0.2, 0.25) is 0 Å². The Kier molecular flexibility index (Phi) is 6.78. The van der Waals surface area contributed by atoms with Crippen LogP contribution in [0.15, 0.2) is 0 Å². The number of hydrogen-bond acceptors (Lipinski definition) is 5. The van der Waals surface area contributed by atoms with Crippen molar-refractivity contribution in [1.29, 1.82) is 0 Å². The number of hydrogen-bond donors (Lipinski definition) is 2. The summed E-state index contributed by atoms with van der Waals surface area (Å²) in [5.41, 5.74) is 0. The van der Waals surface area contributed by atoms with Gasteiger partial charge in [-0.25, -0.2) is 9.59 Å². The van der Waals surface area contributed by atoms with Gasteiger partial charge in [-0.05, 0) is 12.8 Å². The van der Waals surface area contributed by atoms with Crippen molar-refractivity contribution >= 4 is 18.0 Å². The smallest absolute Gasteiger partial charge is 0.326 e. The number of carboxylic acid groups (broad SMARTS) is 1. The number of nitrogens with one attached hydrogen (secondary N) is 1. The van der Waals surface area contributed by atoms with Crippen molar-refractivity contribution in [2.75, 3.05) is 33.4 Å². The maximum Gasteiger partial charge on any atom is 0.326 e. The lowest BCUT2D eigenvalue weighted by molar-refractivity contribution is -0.142. The zero-order chi connectivity index (χ0) is 15.0. The highest BCUT2D eigenvalue weighted by atomic mass is 16.5. The lowest BCUT2D eigenvalue weighted by Crippen LogP contribution is -2.48. The number of urea groups is 1. The Morgan fingerprint density at radius 1 is 1.35 bits per heavy atom. The van der Waals surface area contributed by atoms with Crippen molar-refractivity contribution in [1.82, 2.24) is 10.2 Å². The van der Waals surface area contributed by atoms with E-state index in [1.54, 1.807) is 0 Å². The van der Waals surface area contributed by atoms with Gasteiger partial charge in [-0.2, -0.15) is 0 Å². The van der Waals surface area contributed by atoms with E-state index in [-0.39, 0.29) is 12.8 Å². The quantitative estimate of drug-likeness (QED) is 0.680. The van der Waals surface area contributed by atoms with E-state index in [1.165, 1.54) is 12.0 Å². The predicted octanol–water partition coefficient (Wildman–Crippen LogP) is -0.175. The lowest BCUT2D eigenvalue weighted by Gasteiger charge is -2.23. The average molecular weight is 288 g/mol. The van der Waals surface area contributed by atoms with Crippen molar-refractivity contribution in [3.8, 4) is 0 Å². The van der Waals surface area contributed by atoms with Crippen LogP contribution in [-0.2, 0) is 19.1 Å². The standard InChI is InChI=1S/C12H20N2O6/c1-19-10(15)4-3-9(11(16)17)13-12(18)14-5-2-7-20-8-6-14/h9H,2-8H2,1H3,(H,13,18)(H,16,17)/t9-/m0/s1. The van der Waals surface area contributed by atoms with Gasteiger partial charge in [0.1, 0.15) is 6.04 Å². The van der Waals surface area contributed by atoms with Crippen LogP contribution >= 0.6 is 0 Å². The molecular formula is C12H20N2O6. The van der Waals surface area contributed by atoms with E-state index in [0.717, 1.165) is 0 Å². The molecule has 1 atom stereocenters. The number of nitrogens with zero attached hydrogens (tertiary/aromatic N) is 1. The molecule has 2 N–H and O–H groups in total. The third-order valence-corrected chi connectivity index (χ3v) is 2.97. The topological polar surface area (TPSA) is 105 Å².